The standard InChI is InChI=1S/C20H26O3/c1-19-7-5-13(22)10-17(19)12(11-21)9-14-15-3-4-18(23)20(15,2)8-6-16(14)19/h5,7,10,12,14-16,21H,3-4,6,8-9,11H2,1-2H3/t12?,14?,15-,16-,19?,20?/m0/s1. The minimum absolute atomic E-state index is 0.0473. The van der Waals surface area contributed by atoms with Crippen LogP contribution < -0.4 is 0 Å². The van der Waals surface area contributed by atoms with Crippen molar-refractivity contribution in [2.75, 3.05) is 6.61 Å². The summed E-state index contributed by atoms with van der Waals surface area (Å²) in [5.74, 6) is 1.98. The highest BCUT2D eigenvalue weighted by atomic mass is 16.3. The molecule has 3 heteroatoms. The van der Waals surface area contributed by atoms with E-state index in [9.17, 15) is 14.7 Å². The fraction of sp³-hybridized carbons (Fsp3) is 0.700. The topological polar surface area (TPSA) is 54.4 Å². The summed E-state index contributed by atoms with van der Waals surface area (Å²) in [7, 11) is 0. The van der Waals surface area contributed by atoms with Crippen molar-refractivity contribution in [3.05, 3.63) is 23.8 Å². The first-order valence-corrected chi connectivity index (χ1v) is 8.99. The lowest BCUT2D eigenvalue weighted by molar-refractivity contribution is -0.132. The van der Waals surface area contributed by atoms with Crippen LogP contribution >= 0.6 is 0 Å². The minimum atomic E-state index is -0.146. The monoisotopic (exact) mass is 314 g/mol. The van der Waals surface area contributed by atoms with Gasteiger partial charge in [0.05, 0.1) is 0 Å². The molecule has 0 saturated heterocycles. The molecule has 0 radical (unpaired) electrons. The van der Waals surface area contributed by atoms with Crippen LogP contribution in [-0.4, -0.2) is 23.3 Å². The number of carbonyl (C=O) groups is 2. The van der Waals surface area contributed by atoms with Gasteiger partial charge in [-0.05, 0) is 55.6 Å². The number of Topliss-reactive ketones (excluding diaryl/α,β-unsaturated/α-hetero) is 1. The number of hydrogen-bond donors (Lipinski definition) is 1. The molecule has 0 heterocycles. The largest absolute Gasteiger partial charge is 0.396 e. The van der Waals surface area contributed by atoms with Crippen LogP contribution in [0.2, 0.25) is 0 Å². The molecule has 3 fully saturated rings. The van der Waals surface area contributed by atoms with Crippen LogP contribution in [0.4, 0.5) is 0 Å². The number of carbonyl (C=O) groups excluding carboxylic acids is 2. The summed E-state index contributed by atoms with van der Waals surface area (Å²) in [6.07, 6.45) is 10.2. The van der Waals surface area contributed by atoms with E-state index in [0.717, 1.165) is 37.7 Å². The molecule has 0 aromatic carbocycles. The van der Waals surface area contributed by atoms with E-state index in [2.05, 4.69) is 19.9 Å². The van der Waals surface area contributed by atoms with Crippen LogP contribution in [-0.2, 0) is 9.59 Å². The quantitative estimate of drug-likeness (QED) is 0.809. The molecule has 0 aromatic rings. The van der Waals surface area contributed by atoms with Crippen LogP contribution in [0.3, 0.4) is 0 Å². The van der Waals surface area contributed by atoms with Gasteiger partial charge in [-0.1, -0.05) is 25.5 Å². The first kappa shape index (κ1) is 15.3. The average Bonchev–Trinajstić information content (AvgIpc) is 2.83. The molecule has 3 saturated carbocycles. The molecule has 6 atom stereocenters. The van der Waals surface area contributed by atoms with Crippen molar-refractivity contribution in [3.63, 3.8) is 0 Å². The van der Waals surface area contributed by atoms with E-state index in [1.54, 1.807) is 12.2 Å². The van der Waals surface area contributed by atoms with Crippen LogP contribution in [0.25, 0.3) is 0 Å². The Morgan fingerprint density at radius 2 is 2.00 bits per heavy atom. The Morgan fingerprint density at radius 1 is 1.22 bits per heavy atom. The van der Waals surface area contributed by atoms with Crippen LogP contribution in [0.1, 0.15) is 46.0 Å². The summed E-state index contributed by atoms with van der Waals surface area (Å²) < 4.78 is 0. The van der Waals surface area contributed by atoms with Crippen molar-refractivity contribution < 1.29 is 14.7 Å². The van der Waals surface area contributed by atoms with Gasteiger partial charge in [-0.15, -0.1) is 0 Å². The molecular weight excluding hydrogens is 288 g/mol. The second-order valence-electron chi connectivity index (χ2n) is 8.53. The van der Waals surface area contributed by atoms with Gasteiger partial charge in [0.2, 0.25) is 0 Å². The lowest BCUT2D eigenvalue weighted by Gasteiger charge is -2.57. The Kier molecular flexibility index (Phi) is 3.26. The van der Waals surface area contributed by atoms with Crippen molar-refractivity contribution in [3.8, 4) is 0 Å². The van der Waals surface area contributed by atoms with Gasteiger partial charge in [-0.3, -0.25) is 9.59 Å². The summed E-state index contributed by atoms with van der Waals surface area (Å²) in [5.41, 5.74) is 0.853. The van der Waals surface area contributed by atoms with Crippen LogP contribution in [0, 0.1) is 34.5 Å². The van der Waals surface area contributed by atoms with E-state index in [1.807, 2.05) is 0 Å². The van der Waals surface area contributed by atoms with E-state index in [0.29, 0.717) is 23.5 Å². The third-order valence-electron chi connectivity index (χ3n) is 7.65. The zero-order valence-electron chi connectivity index (χ0n) is 14.0. The second kappa shape index (κ2) is 4.89. The highest BCUT2D eigenvalue weighted by Crippen LogP contribution is 2.64. The highest BCUT2D eigenvalue weighted by molar-refractivity contribution is 6.01. The molecule has 0 spiro atoms. The fourth-order valence-electron chi connectivity index (χ4n) is 6.36. The lowest BCUT2D eigenvalue weighted by Crippen LogP contribution is -2.52. The predicted octanol–water partition coefficient (Wildman–Crippen LogP) is 3.08. The number of aliphatic hydroxyl groups is 1. The Bertz CT molecular complexity index is 631. The molecule has 1 N–H and O–H groups in total. The maximum absolute atomic E-state index is 12.4. The van der Waals surface area contributed by atoms with Crippen molar-refractivity contribution in [1.82, 2.24) is 0 Å². The van der Waals surface area contributed by atoms with E-state index < -0.39 is 0 Å². The van der Waals surface area contributed by atoms with Crippen molar-refractivity contribution in [2.24, 2.45) is 34.5 Å². The summed E-state index contributed by atoms with van der Waals surface area (Å²) in [4.78, 5) is 24.3. The average molecular weight is 314 g/mol. The van der Waals surface area contributed by atoms with E-state index in [4.69, 9.17) is 0 Å². The molecule has 0 aliphatic heterocycles. The van der Waals surface area contributed by atoms with E-state index in [-0.39, 0.29) is 29.1 Å². The van der Waals surface area contributed by atoms with Crippen LogP contribution in [0.15, 0.2) is 23.8 Å². The van der Waals surface area contributed by atoms with Gasteiger partial charge in [0.1, 0.15) is 5.78 Å². The first-order chi connectivity index (χ1) is 10.9. The van der Waals surface area contributed by atoms with E-state index >= 15 is 0 Å². The summed E-state index contributed by atoms with van der Waals surface area (Å²) in [5, 5.41) is 9.93. The van der Waals surface area contributed by atoms with E-state index in [1.165, 1.54) is 0 Å². The summed E-state index contributed by atoms with van der Waals surface area (Å²) in [6, 6.07) is 0. The normalized spacial score (nSPS) is 48.6. The minimum Gasteiger partial charge on any atom is -0.396 e. The van der Waals surface area contributed by atoms with Gasteiger partial charge in [0.15, 0.2) is 5.78 Å². The van der Waals surface area contributed by atoms with Crippen LogP contribution in [0.5, 0.6) is 0 Å². The Balaban J connectivity index is 1.77. The maximum Gasteiger partial charge on any atom is 0.178 e. The summed E-state index contributed by atoms with van der Waals surface area (Å²) >= 11 is 0. The zero-order chi connectivity index (χ0) is 16.4. The maximum atomic E-state index is 12.4. The molecule has 3 nitrogen and oxygen atoms in total. The third kappa shape index (κ3) is 1.92. The molecular formula is C20H26O3. The summed E-state index contributed by atoms with van der Waals surface area (Å²) in [6.45, 7) is 4.51. The first-order valence-electron chi connectivity index (χ1n) is 8.99. The van der Waals surface area contributed by atoms with Crippen molar-refractivity contribution in [2.45, 2.75) is 46.0 Å². The molecule has 124 valence electrons. The molecule has 0 amide bonds. The van der Waals surface area contributed by atoms with Crippen molar-refractivity contribution in [1.29, 1.82) is 0 Å². The van der Waals surface area contributed by atoms with Gasteiger partial charge in [-0.2, -0.15) is 0 Å². The third-order valence-corrected chi connectivity index (χ3v) is 7.65. The van der Waals surface area contributed by atoms with Gasteiger partial charge < -0.3 is 5.11 Å². The molecule has 0 aromatic heterocycles. The van der Waals surface area contributed by atoms with Gasteiger partial charge in [0, 0.05) is 29.8 Å². The van der Waals surface area contributed by atoms with Gasteiger partial charge in [-0.25, -0.2) is 0 Å². The molecule has 0 bridgehead atoms. The fourth-order valence-corrected chi connectivity index (χ4v) is 6.36. The Labute approximate surface area is 137 Å². The molecule has 23 heavy (non-hydrogen) atoms. The van der Waals surface area contributed by atoms with Gasteiger partial charge >= 0.3 is 0 Å². The SMILES string of the molecule is CC12C=CC(=O)C=C1C(CO)CC1[C@@H]2CCC2(C)C(=O)CC[C@@H]12. The number of allylic oxidation sites excluding steroid dienone is 3. The zero-order valence-corrected chi connectivity index (χ0v) is 14.0. The smallest absolute Gasteiger partial charge is 0.178 e. The Hall–Kier alpha value is -1.22. The molecule has 4 unspecified atom stereocenters. The predicted molar refractivity (Wildman–Crippen MR) is 87.6 cm³/mol. The number of hydrogen-bond acceptors (Lipinski definition) is 3. The van der Waals surface area contributed by atoms with Crippen molar-refractivity contribution >= 4 is 11.6 Å². The highest BCUT2D eigenvalue weighted by Gasteiger charge is 2.59. The number of rotatable bonds is 1. The number of aliphatic hydroxyl groups excluding tert-OH is 1. The Morgan fingerprint density at radius 3 is 2.74 bits per heavy atom. The lowest BCUT2D eigenvalue weighted by atomic mass is 9.46. The number of fused-ring (bicyclic) bond motifs is 5. The molecule has 4 aliphatic rings. The van der Waals surface area contributed by atoms with Gasteiger partial charge in [0.25, 0.3) is 0 Å². The molecule has 4 aliphatic carbocycles. The number of ketones is 2. The second-order valence-corrected chi connectivity index (χ2v) is 8.53. The molecule has 4 rings (SSSR count).